The third-order valence-electron chi connectivity index (χ3n) is 3.36. The number of ether oxygens (including phenoxy) is 1. The fourth-order valence-electron chi connectivity index (χ4n) is 2.07. The maximum atomic E-state index is 11.0. The zero-order valence-corrected chi connectivity index (χ0v) is 13.2. The van der Waals surface area contributed by atoms with E-state index < -0.39 is 11.6 Å². The SMILES string of the molecule is CC(C)(OCCOOc1ccccc1C(=O)O)c1ccccc1. The van der Waals surface area contributed by atoms with Crippen LogP contribution >= 0.6 is 0 Å². The smallest absolute Gasteiger partial charge is 0.339 e. The molecule has 0 amide bonds. The first-order valence-electron chi connectivity index (χ1n) is 7.32. The van der Waals surface area contributed by atoms with Crippen LogP contribution in [0.25, 0.3) is 0 Å². The van der Waals surface area contributed by atoms with Crippen LogP contribution in [0.1, 0.15) is 29.8 Å². The van der Waals surface area contributed by atoms with Gasteiger partial charge in [-0.05, 0) is 31.5 Å². The second kappa shape index (κ2) is 7.76. The van der Waals surface area contributed by atoms with Gasteiger partial charge in [-0.1, -0.05) is 42.5 Å². The lowest BCUT2D eigenvalue weighted by molar-refractivity contribution is -0.222. The van der Waals surface area contributed by atoms with Gasteiger partial charge in [-0.2, -0.15) is 4.89 Å². The van der Waals surface area contributed by atoms with Crippen molar-refractivity contribution in [1.29, 1.82) is 0 Å². The molecule has 5 heteroatoms. The Morgan fingerprint density at radius 1 is 1.00 bits per heavy atom. The molecule has 0 aliphatic carbocycles. The predicted octanol–water partition coefficient (Wildman–Crippen LogP) is 3.65. The Morgan fingerprint density at radius 3 is 2.35 bits per heavy atom. The van der Waals surface area contributed by atoms with Crippen LogP contribution in [0.2, 0.25) is 0 Å². The maximum Gasteiger partial charge on any atom is 0.339 e. The first kappa shape index (κ1) is 17.0. The molecule has 0 saturated carbocycles. The Hall–Kier alpha value is -2.37. The summed E-state index contributed by atoms with van der Waals surface area (Å²) >= 11 is 0. The zero-order valence-electron chi connectivity index (χ0n) is 13.2. The minimum Gasteiger partial charge on any atom is -0.478 e. The lowest BCUT2D eigenvalue weighted by atomic mass is 9.98. The highest BCUT2D eigenvalue weighted by molar-refractivity contribution is 5.90. The molecule has 2 aromatic rings. The number of hydrogen-bond acceptors (Lipinski definition) is 4. The Morgan fingerprint density at radius 2 is 1.65 bits per heavy atom. The van der Waals surface area contributed by atoms with E-state index in [0.29, 0.717) is 6.61 Å². The van der Waals surface area contributed by atoms with E-state index in [1.165, 1.54) is 12.1 Å². The number of carboxylic acids is 1. The third-order valence-corrected chi connectivity index (χ3v) is 3.36. The van der Waals surface area contributed by atoms with Crippen molar-refractivity contribution in [2.24, 2.45) is 0 Å². The van der Waals surface area contributed by atoms with E-state index in [1.54, 1.807) is 12.1 Å². The van der Waals surface area contributed by atoms with Gasteiger partial charge in [0.2, 0.25) is 0 Å². The summed E-state index contributed by atoms with van der Waals surface area (Å²) < 4.78 is 5.81. The maximum absolute atomic E-state index is 11.0. The summed E-state index contributed by atoms with van der Waals surface area (Å²) in [5.41, 5.74) is 0.680. The summed E-state index contributed by atoms with van der Waals surface area (Å²) in [6.07, 6.45) is 0. The fourth-order valence-corrected chi connectivity index (χ4v) is 2.07. The highest BCUT2D eigenvalue weighted by Crippen LogP contribution is 2.24. The predicted molar refractivity (Wildman–Crippen MR) is 85.4 cm³/mol. The average Bonchev–Trinajstić information content (AvgIpc) is 2.55. The van der Waals surface area contributed by atoms with Gasteiger partial charge >= 0.3 is 5.97 Å². The molecule has 122 valence electrons. The van der Waals surface area contributed by atoms with E-state index in [9.17, 15) is 4.79 Å². The van der Waals surface area contributed by atoms with Crippen LogP contribution in [-0.2, 0) is 15.2 Å². The molecule has 0 radical (unpaired) electrons. The minimum atomic E-state index is -1.06. The molecule has 0 aliphatic rings. The van der Waals surface area contributed by atoms with Crippen molar-refractivity contribution in [2.45, 2.75) is 19.4 Å². The van der Waals surface area contributed by atoms with Crippen LogP contribution in [0.4, 0.5) is 0 Å². The van der Waals surface area contributed by atoms with Crippen LogP contribution < -0.4 is 4.89 Å². The number of hydrogen-bond donors (Lipinski definition) is 1. The van der Waals surface area contributed by atoms with E-state index in [1.807, 2.05) is 44.2 Å². The molecule has 0 unspecified atom stereocenters. The number of para-hydroxylation sites is 1. The molecule has 2 aromatic carbocycles. The standard InChI is InChI=1S/C18H20O5/c1-18(2,14-8-4-3-5-9-14)21-12-13-22-23-16-11-7-6-10-15(16)17(19)20/h3-11H,12-13H2,1-2H3,(H,19,20). The zero-order chi connectivity index (χ0) is 16.7. The van der Waals surface area contributed by atoms with Gasteiger partial charge in [0.15, 0.2) is 5.75 Å². The van der Waals surface area contributed by atoms with Crippen molar-refractivity contribution in [3.05, 3.63) is 65.7 Å². The van der Waals surface area contributed by atoms with Crippen molar-refractivity contribution in [1.82, 2.24) is 0 Å². The number of carboxylic acid groups (broad SMARTS) is 1. The summed E-state index contributed by atoms with van der Waals surface area (Å²) in [5, 5.41) is 9.04. The van der Waals surface area contributed by atoms with Gasteiger partial charge in [0, 0.05) is 0 Å². The average molecular weight is 316 g/mol. The van der Waals surface area contributed by atoms with Gasteiger partial charge in [0.05, 0.1) is 12.2 Å². The summed E-state index contributed by atoms with van der Waals surface area (Å²) in [4.78, 5) is 21.2. The fraction of sp³-hybridized carbons (Fsp3) is 0.278. The number of benzene rings is 2. The number of rotatable bonds is 8. The third kappa shape index (κ3) is 4.81. The molecule has 23 heavy (non-hydrogen) atoms. The van der Waals surface area contributed by atoms with E-state index in [0.717, 1.165) is 5.56 Å². The number of carbonyl (C=O) groups is 1. The van der Waals surface area contributed by atoms with Crippen molar-refractivity contribution in [2.75, 3.05) is 13.2 Å². The second-order valence-corrected chi connectivity index (χ2v) is 5.43. The van der Waals surface area contributed by atoms with Crippen LogP contribution in [0.5, 0.6) is 5.75 Å². The van der Waals surface area contributed by atoms with Gasteiger partial charge < -0.3 is 14.7 Å². The molecule has 0 heterocycles. The van der Waals surface area contributed by atoms with Crippen molar-refractivity contribution in [3.8, 4) is 5.75 Å². The molecule has 0 atom stereocenters. The normalized spacial score (nSPS) is 11.2. The molecular formula is C18H20O5. The molecule has 0 spiro atoms. The van der Waals surface area contributed by atoms with Gasteiger partial charge in [-0.25, -0.2) is 4.79 Å². The summed E-state index contributed by atoms with van der Waals surface area (Å²) in [5.74, 6) is -0.895. The second-order valence-electron chi connectivity index (χ2n) is 5.43. The summed E-state index contributed by atoms with van der Waals surface area (Å²) in [7, 11) is 0. The first-order valence-corrected chi connectivity index (χ1v) is 7.32. The molecule has 0 aromatic heterocycles. The molecule has 2 rings (SSSR count). The van der Waals surface area contributed by atoms with E-state index in [2.05, 4.69) is 0 Å². The topological polar surface area (TPSA) is 65.0 Å². The Kier molecular flexibility index (Phi) is 5.73. The van der Waals surface area contributed by atoms with Crippen LogP contribution in [-0.4, -0.2) is 24.3 Å². The van der Waals surface area contributed by atoms with Gasteiger partial charge in [0.25, 0.3) is 0 Å². The van der Waals surface area contributed by atoms with Crippen LogP contribution in [0, 0.1) is 0 Å². The molecule has 0 fully saturated rings. The van der Waals surface area contributed by atoms with E-state index >= 15 is 0 Å². The van der Waals surface area contributed by atoms with Crippen molar-refractivity contribution < 1.29 is 24.4 Å². The molecule has 0 aliphatic heterocycles. The van der Waals surface area contributed by atoms with E-state index in [4.69, 9.17) is 19.6 Å². The molecule has 0 saturated heterocycles. The molecule has 0 bridgehead atoms. The van der Waals surface area contributed by atoms with Crippen LogP contribution in [0.15, 0.2) is 54.6 Å². The summed E-state index contributed by atoms with van der Waals surface area (Å²) in [6, 6.07) is 16.2. The lowest BCUT2D eigenvalue weighted by Gasteiger charge is -2.25. The summed E-state index contributed by atoms with van der Waals surface area (Å²) in [6.45, 7) is 4.45. The Labute approximate surface area is 135 Å². The Balaban J connectivity index is 1.79. The molecular weight excluding hydrogens is 296 g/mol. The lowest BCUT2D eigenvalue weighted by Crippen LogP contribution is -2.24. The monoisotopic (exact) mass is 316 g/mol. The Bertz CT molecular complexity index is 637. The molecule has 1 N–H and O–H groups in total. The first-order chi connectivity index (χ1) is 11.0. The van der Waals surface area contributed by atoms with Gasteiger partial charge in [-0.15, -0.1) is 0 Å². The van der Waals surface area contributed by atoms with Gasteiger partial charge in [-0.3, -0.25) is 0 Å². The highest BCUT2D eigenvalue weighted by atomic mass is 17.2. The quantitative estimate of drug-likeness (QED) is 0.457. The number of aromatic carboxylic acids is 1. The van der Waals surface area contributed by atoms with E-state index in [-0.39, 0.29) is 17.9 Å². The van der Waals surface area contributed by atoms with Crippen LogP contribution in [0.3, 0.4) is 0 Å². The van der Waals surface area contributed by atoms with Gasteiger partial charge in [0.1, 0.15) is 12.2 Å². The van der Waals surface area contributed by atoms with Crippen molar-refractivity contribution in [3.63, 3.8) is 0 Å². The van der Waals surface area contributed by atoms with Crippen molar-refractivity contribution >= 4 is 5.97 Å². The molecule has 5 nitrogen and oxygen atoms in total. The largest absolute Gasteiger partial charge is 0.478 e. The minimum absolute atomic E-state index is 0.0537. The highest BCUT2D eigenvalue weighted by Gasteiger charge is 2.20.